The van der Waals surface area contributed by atoms with Gasteiger partial charge in [-0.1, -0.05) is 12.1 Å². The molecule has 0 atom stereocenters. The zero-order valence-corrected chi connectivity index (χ0v) is 16.1. The van der Waals surface area contributed by atoms with Crippen LogP contribution >= 0.6 is 0 Å². The number of aromatic nitrogens is 5. The van der Waals surface area contributed by atoms with E-state index in [1.165, 1.54) is 9.30 Å². The molecule has 30 heavy (non-hydrogen) atoms. The Balaban J connectivity index is 1.87. The lowest BCUT2D eigenvalue weighted by molar-refractivity contribution is -0.482. The summed E-state index contributed by atoms with van der Waals surface area (Å²) < 4.78 is 6.58. The highest BCUT2D eigenvalue weighted by Gasteiger charge is 2.37. The smallest absolute Gasteiger partial charge is 0.415 e. The van der Waals surface area contributed by atoms with E-state index in [1.807, 2.05) is 48.0 Å². The molecule has 0 radical (unpaired) electrons. The second kappa shape index (κ2) is 5.41. The molecule has 5 aromatic rings. The molecule has 0 amide bonds. The molecule has 4 heterocycles. The van der Waals surface area contributed by atoms with E-state index < -0.39 is 11.2 Å². The molecule has 0 aliphatic carbocycles. The monoisotopic (exact) mass is 402 g/mol. The maximum absolute atomic E-state index is 12.8. The van der Waals surface area contributed by atoms with Crippen molar-refractivity contribution < 1.29 is 14.3 Å². The lowest BCUT2D eigenvalue weighted by Crippen LogP contribution is -2.33. The number of para-hydroxylation sites is 2. The van der Waals surface area contributed by atoms with Gasteiger partial charge >= 0.3 is 11.5 Å². The van der Waals surface area contributed by atoms with E-state index in [1.54, 1.807) is 23.6 Å². The number of phenols is 1. The van der Waals surface area contributed by atoms with Gasteiger partial charge in [0.2, 0.25) is 11.3 Å². The first-order valence-electron chi connectivity index (χ1n) is 9.34. The van der Waals surface area contributed by atoms with Crippen molar-refractivity contribution >= 4 is 16.9 Å². The highest BCUT2D eigenvalue weighted by Crippen LogP contribution is 2.36. The van der Waals surface area contributed by atoms with Crippen molar-refractivity contribution in [2.24, 2.45) is 7.05 Å². The van der Waals surface area contributed by atoms with Crippen LogP contribution in [0.1, 0.15) is 5.56 Å². The van der Waals surface area contributed by atoms with Gasteiger partial charge in [-0.05, 0) is 47.5 Å². The van der Waals surface area contributed by atoms with Gasteiger partial charge in [-0.25, -0.2) is 4.79 Å². The normalized spacial score (nSPS) is 12.3. The van der Waals surface area contributed by atoms with Crippen LogP contribution in [0.5, 0.6) is 11.5 Å². The number of aromatic amines is 1. The molecule has 9 nitrogen and oxygen atoms in total. The first-order valence-corrected chi connectivity index (χ1v) is 9.34. The van der Waals surface area contributed by atoms with Gasteiger partial charge in [-0.15, -0.1) is 0 Å². The number of hydrogen-bond acceptors (Lipinski definition) is 4. The number of nitrogens with one attached hydrogen (secondary N) is 1. The largest absolute Gasteiger partial charge is 0.508 e. The van der Waals surface area contributed by atoms with Gasteiger partial charge in [0.25, 0.3) is 11.2 Å². The fraction of sp³-hybridized carbons (Fsp3) is 0.0952. The minimum absolute atomic E-state index is 0.184. The van der Waals surface area contributed by atoms with Crippen LogP contribution in [0.2, 0.25) is 0 Å². The molecular weight excluding hydrogens is 386 g/mol. The minimum atomic E-state index is -0.520. The van der Waals surface area contributed by atoms with Crippen molar-refractivity contribution in [2.75, 3.05) is 0 Å². The number of benzene rings is 2. The number of aryl methyl sites for hydroxylation is 2. The van der Waals surface area contributed by atoms with E-state index in [0.717, 1.165) is 22.5 Å². The number of nitrogens with zero attached hydrogens (tertiary/aromatic N) is 4. The van der Waals surface area contributed by atoms with E-state index in [4.69, 9.17) is 4.84 Å². The minimum Gasteiger partial charge on any atom is -0.508 e. The predicted molar refractivity (Wildman–Crippen MR) is 108 cm³/mol. The highest BCUT2D eigenvalue weighted by molar-refractivity contribution is 5.76. The quantitative estimate of drug-likeness (QED) is 0.406. The van der Waals surface area contributed by atoms with E-state index in [0.29, 0.717) is 22.7 Å². The molecule has 2 N–H and O–H groups in total. The van der Waals surface area contributed by atoms with Crippen molar-refractivity contribution in [1.82, 2.24) is 18.8 Å². The number of H-pyrrole nitrogens is 1. The Morgan fingerprint density at radius 2 is 1.93 bits per heavy atom. The average Bonchev–Trinajstić information content (AvgIpc) is 3.25. The summed E-state index contributed by atoms with van der Waals surface area (Å²) in [7, 11) is 1.59. The van der Waals surface area contributed by atoms with Gasteiger partial charge in [0.15, 0.2) is 5.69 Å². The molecule has 0 bridgehead atoms. The lowest BCUT2D eigenvalue weighted by atomic mass is 10.1. The Hall–Kier alpha value is -4.27. The molecule has 0 saturated carbocycles. The SMILES string of the molecule is Cc1cc(O)ccc1-c1c[n+]2c3c(=O)[nH]c(=O)n(C)c3n3c2n1-c1ccccc1O3. The van der Waals surface area contributed by atoms with Crippen molar-refractivity contribution in [3.05, 3.63) is 75.1 Å². The summed E-state index contributed by atoms with van der Waals surface area (Å²) in [5.41, 5.74) is 3.05. The molecule has 0 spiro atoms. The third-order valence-electron chi connectivity index (χ3n) is 5.57. The summed E-state index contributed by atoms with van der Waals surface area (Å²) in [6.07, 6.45) is 1.85. The van der Waals surface area contributed by atoms with Gasteiger partial charge in [0, 0.05) is 12.6 Å². The molecule has 6 rings (SSSR count). The van der Waals surface area contributed by atoms with Crippen LogP contribution in [-0.2, 0) is 7.05 Å². The Morgan fingerprint density at radius 1 is 1.13 bits per heavy atom. The lowest BCUT2D eigenvalue weighted by Gasteiger charge is -2.15. The van der Waals surface area contributed by atoms with E-state index in [2.05, 4.69) is 4.98 Å². The molecule has 3 aromatic heterocycles. The van der Waals surface area contributed by atoms with Gasteiger partial charge in [0.05, 0.1) is 0 Å². The van der Waals surface area contributed by atoms with Crippen LogP contribution in [0.4, 0.5) is 0 Å². The third kappa shape index (κ3) is 1.93. The summed E-state index contributed by atoms with van der Waals surface area (Å²) in [6.45, 7) is 1.92. The molecule has 1 aliphatic heterocycles. The number of aromatic hydroxyl groups is 1. The molecule has 9 heteroatoms. The van der Waals surface area contributed by atoms with Crippen LogP contribution in [0.15, 0.2) is 58.3 Å². The second-order valence-electron chi connectivity index (χ2n) is 7.36. The average molecular weight is 402 g/mol. The van der Waals surface area contributed by atoms with Crippen molar-refractivity contribution in [3.8, 4) is 28.4 Å². The Morgan fingerprint density at radius 3 is 2.73 bits per heavy atom. The molecule has 0 unspecified atom stereocenters. The van der Waals surface area contributed by atoms with Crippen LogP contribution in [-0.4, -0.2) is 24.0 Å². The maximum atomic E-state index is 12.8. The Bertz CT molecular complexity index is 1650. The van der Waals surface area contributed by atoms with Gasteiger partial charge in [-0.3, -0.25) is 14.3 Å². The fourth-order valence-electron chi connectivity index (χ4n) is 4.21. The standard InChI is InChI=1S/C21H15N5O4/c1-11-9-12(27)7-8-13(11)15-10-24-17-18(28)22-20(29)23(2)19(17)26-21(24)25(15)14-5-3-4-6-16(14)30-26/h3-10H,1-2H3,(H-,22,27,28,29)/p+1. The van der Waals surface area contributed by atoms with Crippen LogP contribution in [0.3, 0.4) is 0 Å². The van der Waals surface area contributed by atoms with Crippen molar-refractivity contribution in [3.63, 3.8) is 0 Å². The molecule has 0 saturated heterocycles. The molecular formula is C21H16N5O4+. The van der Waals surface area contributed by atoms with Crippen LogP contribution in [0, 0.1) is 6.92 Å². The predicted octanol–water partition coefficient (Wildman–Crippen LogP) is 1.39. The summed E-state index contributed by atoms with van der Waals surface area (Å²) in [4.78, 5) is 33.5. The molecule has 148 valence electrons. The summed E-state index contributed by atoms with van der Waals surface area (Å²) in [5, 5.41) is 9.84. The number of hydrogen-bond donors (Lipinski definition) is 2. The summed E-state index contributed by atoms with van der Waals surface area (Å²) in [5.74, 6) is 1.35. The Labute approximate surface area is 168 Å². The molecule has 1 aliphatic rings. The first-order chi connectivity index (χ1) is 14.5. The number of phenolic OH excluding ortho intramolecular Hbond substituents is 1. The maximum Gasteiger partial charge on any atom is 0.415 e. The van der Waals surface area contributed by atoms with E-state index in [-0.39, 0.29) is 5.75 Å². The fourth-order valence-corrected chi connectivity index (χ4v) is 4.21. The molecule has 2 aromatic carbocycles. The zero-order valence-electron chi connectivity index (χ0n) is 16.1. The number of imidazole rings is 2. The topological polar surface area (TPSA) is 98.3 Å². The highest BCUT2D eigenvalue weighted by atomic mass is 16.7. The van der Waals surface area contributed by atoms with Crippen LogP contribution in [0.25, 0.3) is 33.9 Å². The number of fused-ring (bicyclic) bond motifs is 5. The van der Waals surface area contributed by atoms with E-state index in [9.17, 15) is 14.7 Å². The van der Waals surface area contributed by atoms with E-state index >= 15 is 0 Å². The first kappa shape index (κ1) is 16.7. The summed E-state index contributed by atoms with van der Waals surface area (Å²) in [6, 6.07) is 12.7. The summed E-state index contributed by atoms with van der Waals surface area (Å²) >= 11 is 0. The Kier molecular flexibility index (Phi) is 3.01. The van der Waals surface area contributed by atoms with Gasteiger partial charge < -0.3 is 9.94 Å². The molecule has 0 fully saturated rings. The zero-order chi connectivity index (χ0) is 20.7. The number of rotatable bonds is 1. The van der Waals surface area contributed by atoms with Crippen molar-refractivity contribution in [1.29, 1.82) is 0 Å². The van der Waals surface area contributed by atoms with Gasteiger partial charge in [-0.2, -0.15) is 8.97 Å². The third-order valence-corrected chi connectivity index (χ3v) is 5.57. The van der Waals surface area contributed by atoms with Crippen LogP contribution < -0.4 is 20.5 Å². The second-order valence-corrected chi connectivity index (χ2v) is 7.36. The van der Waals surface area contributed by atoms with Gasteiger partial charge in [0.1, 0.15) is 17.6 Å². The van der Waals surface area contributed by atoms with Crippen molar-refractivity contribution in [2.45, 2.75) is 6.92 Å².